The zero-order valence-electron chi connectivity index (χ0n) is 7.44. The lowest BCUT2D eigenvalue weighted by molar-refractivity contribution is -0.150. The van der Waals surface area contributed by atoms with E-state index in [9.17, 15) is 4.79 Å². The molecule has 0 aromatic carbocycles. The topological polar surface area (TPSA) is 44.1 Å². The third-order valence-electron chi connectivity index (χ3n) is 1.55. The highest BCUT2D eigenvalue weighted by Crippen LogP contribution is 2.08. The maximum absolute atomic E-state index is 10.6. The van der Waals surface area contributed by atoms with Crippen molar-refractivity contribution in [3.05, 3.63) is 18.0 Å². The maximum Gasteiger partial charge on any atom is 0.304 e. The Morgan fingerprint density at radius 2 is 2.42 bits per heavy atom. The number of rotatable bonds is 2. The van der Waals surface area contributed by atoms with Crippen molar-refractivity contribution in [3.63, 3.8) is 0 Å². The second-order valence-corrected chi connectivity index (χ2v) is 2.63. The Bertz CT molecular complexity index is 280. The largest absolute Gasteiger partial charge is 0.440 e. The first-order valence-electron chi connectivity index (χ1n) is 3.78. The van der Waals surface area contributed by atoms with Crippen LogP contribution in [0.3, 0.4) is 0 Å². The Hall–Kier alpha value is -1.32. The zero-order chi connectivity index (χ0) is 9.14. The maximum atomic E-state index is 10.6. The smallest absolute Gasteiger partial charge is 0.304 e. The van der Waals surface area contributed by atoms with E-state index in [0.29, 0.717) is 0 Å². The summed E-state index contributed by atoms with van der Waals surface area (Å²) in [5.41, 5.74) is 0.976. The molecule has 12 heavy (non-hydrogen) atoms. The first-order chi connectivity index (χ1) is 5.61. The molecule has 1 rings (SSSR count). The Morgan fingerprint density at radius 1 is 1.75 bits per heavy atom. The van der Waals surface area contributed by atoms with Gasteiger partial charge in [-0.25, -0.2) is 4.68 Å². The van der Waals surface area contributed by atoms with Gasteiger partial charge in [0.2, 0.25) is 0 Å². The third kappa shape index (κ3) is 1.84. The summed E-state index contributed by atoms with van der Waals surface area (Å²) in [6, 6.07) is 1.86. The van der Waals surface area contributed by atoms with Crippen molar-refractivity contribution in [2.24, 2.45) is 0 Å². The molecule has 0 amide bonds. The third-order valence-corrected chi connectivity index (χ3v) is 1.55. The number of carbonyl (C=O) groups is 1. The summed E-state index contributed by atoms with van der Waals surface area (Å²) < 4.78 is 6.59. The van der Waals surface area contributed by atoms with Crippen LogP contribution in [0.25, 0.3) is 0 Å². The Labute approximate surface area is 71.1 Å². The van der Waals surface area contributed by atoms with E-state index in [2.05, 4.69) is 5.10 Å². The van der Waals surface area contributed by atoms with Crippen LogP contribution in [0, 0.1) is 6.92 Å². The number of hydrogen-bond donors (Lipinski definition) is 0. The predicted molar refractivity (Wildman–Crippen MR) is 43.4 cm³/mol. The molecule has 0 aliphatic heterocycles. The van der Waals surface area contributed by atoms with Crippen LogP contribution < -0.4 is 0 Å². The van der Waals surface area contributed by atoms with E-state index in [0.717, 1.165) is 5.69 Å². The summed E-state index contributed by atoms with van der Waals surface area (Å²) in [4.78, 5) is 10.6. The van der Waals surface area contributed by atoms with Crippen LogP contribution in [0.5, 0.6) is 0 Å². The molecular formula is C8H12N2O2. The number of esters is 1. The van der Waals surface area contributed by atoms with E-state index in [1.165, 1.54) is 6.92 Å². The lowest BCUT2D eigenvalue weighted by Gasteiger charge is -2.13. The molecule has 0 saturated heterocycles. The molecule has 0 spiro atoms. The normalized spacial score (nSPS) is 12.6. The molecule has 1 aromatic heterocycles. The Balaban J connectivity index is 2.71. The minimum absolute atomic E-state index is 0.294. The summed E-state index contributed by atoms with van der Waals surface area (Å²) in [7, 11) is 0. The lowest BCUT2D eigenvalue weighted by Crippen LogP contribution is -2.14. The number of aromatic nitrogens is 2. The van der Waals surface area contributed by atoms with Gasteiger partial charge in [-0.15, -0.1) is 0 Å². The fraction of sp³-hybridized carbons (Fsp3) is 0.500. The second kappa shape index (κ2) is 3.38. The van der Waals surface area contributed by atoms with Crippen molar-refractivity contribution in [3.8, 4) is 0 Å². The van der Waals surface area contributed by atoms with Gasteiger partial charge in [0.25, 0.3) is 0 Å². The van der Waals surface area contributed by atoms with Gasteiger partial charge in [0.1, 0.15) is 0 Å². The van der Waals surface area contributed by atoms with Crippen LogP contribution in [0.1, 0.15) is 25.8 Å². The molecule has 0 aliphatic rings. The minimum atomic E-state index is -0.322. The van der Waals surface area contributed by atoms with Crippen LogP contribution in [0.4, 0.5) is 0 Å². The summed E-state index contributed by atoms with van der Waals surface area (Å²) in [6.07, 6.45) is 1.35. The fourth-order valence-electron chi connectivity index (χ4n) is 1.05. The van der Waals surface area contributed by atoms with Crippen LogP contribution in [-0.2, 0) is 9.53 Å². The average Bonchev–Trinajstić information content (AvgIpc) is 2.33. The van der Waals surface area contributed by atoms with E-state index < -0.39 is 0 Å². The van der Waals surface area contributed by atoms with Gasteiger partial charge in [-0.3, -0.25) is 4.79 Å². The highest BCUT2D eigenvalue weighted by molar-refractivity contribution is 5.65. The molecule has 1 atom stereocenters. The van der Waals surface area contributed by atoms with Crippen LogP contribution in [0.15, 0.2) is 12.3 Å². The van der Waals surface area contributed by atoms with Gasteiger partial charge in [0.15, 0.2) is 6.23 Å². The number of hydrogen-bond acceptors (Lipinski definition) is 3. The van der Waals surface area contributed by atoms with Crippen LogP contribution in [-0.4, -0.2) is 15.7 Å². The van der Waals surface area contributed by atoms with E-state index in [1.807, 2.05) is 13.0 Å². The molecule has 0 saturated carbocycles. The van der Waals surface area contributed by atoms with E-state index in [1.54, 1.807) is 17.8 Å². The molecule has 0 N–H and O–H groups in total. The molecule has 0 aliphatic carbocycles. The molecule has 1 heterocycles. The zero-order valence-corrected chi connectivity index (χ0v) is 7.44. The van der Waals surface area contributed by atoms with Crippen molar-refractivity contribution >= 4 is 5.97 Å². The first-order valence-corrected chi connectivity index (χ1v) is 3.78. The van der Waals surface area contributed by atoms with Gasteiger partial charge in [0, 0.05) is 18.8 Å². The summed E-state index contributed by atoms with van der Waals surface area (Å²) in [5.74, 6) is -0.294. The van der Waals surface area contributed by atoms with Gasteiger partial charge >= 0.3 is 5.97 Å². The molecule has 4 heteroatoms. The fourth-order valence-corrected chi connectivity index (χ4v) is 1.05. The second-order valence-electron chi connectivity index (χ2n) is 2.63. The summed E-state index contributed by atoms with van der Waals surface area (Å²) in [5, 5.41) is 4.01. The lowest BCUT2D eigenvalue weighted by atomic mass is 10.5. The molecule has 0 fully saturated rings. The van der Waals surface area contributed by atoms with Crippen molar-refractivity contribution in [2.75, 3.05) is 0 Å². The number of aryl methyl sites for hydroxylation is 1. The molecule has 0 radical (unpaired) electrons. The quantitative estimate of drug-likeness (QED) is 0.625. The molecule has 4 nitrogen and oxygen atoms in total. The summed E-state index contributed by atoms with van der Waals surface area (Å²) in [6.45, 7) is 5.07. The van der Waals surface area contributed by atoms with Gasteiger partial charge in [-0.05, 0) is 19.9 Å². The standard InChI is InChI=1S/C8H12N2O2/c1-6-4-5-9-10(6)7(2)12-8(3)11/h4-5,7H,1-3H3. The summed E-state index contributed by atoms with van der Waals surface area (Å²) >= 11 is 0. The van der Waals surface area contributed by atoms with E-state index >= 15 is 0 Å². The number of carbonyl (C=O) groups excluding carboxylic acids is 1. The molecule has 1 aromatic rings. The Kier molecular flexibility index (Phi) is 2.47. The van der Waals surface area contributed by atoms with Crippen molar-refractivity contribution < 1.29 is 9.53 Å². The highest BCUT2D eigenvalue weighted by atomic mass is 16.6. The molecule has 0 bridgehead atoms. The number of nitrogens with zero attached hydrogens (tertiary/aromatic N) is 2. The van der Waals surface area contributed by atoms with Gasteiger partial charge in [-0.2, -0.15) is 5.10 Å². The van der Waals surface area contributed by atoms with Crippen molar-refractivity contribution in [1.82, 2.24) is 9.78 Å². The first kappa shape index (κ1) is 8.77. The minimum Gasteiger partial charge on any atom is -0.440 e. The predicted octanol–water partition coefficient (Wildman–Crippen LogP) is 1.27. The molecular weight excluding hydrogens is 156 g/mol. The molecule has 1 unspecified atom stereocenters. The average molecular weight is 168 g/mol. The van der Waals surface area contributed by atoms with Crippen molar-refractivity contribution in [1.29, 1.82) is 0 Å². The molecule has 66 valence electrons. The highest BCUT2D eigenvalue weighted by Gasteiger charge is 2.08. The SMILES string of the molecule is CC(=O)OC(C)n1nccc1C. The van der Waals surface area contributed by atoms with Crippen molar-refractivity contribution in [2.45, 2.75) is 27.0 Å². The van der Waals surface area contributed by atoms with Gasteiger partial charge in [-0.1, -0.05) is 0 Å². The van der Waals surface area contributed by atoms with Crippen LogP contribution in [0.2, 0.25) is 0 Å². The van der Waals surface area contributed by atoms with E-state index in [4.69, 9.17) is 4.74 Å². The van der Waals surface area contributed by atoms with Gasteiger partial charge < -0.3 is 4.74 Å². The van der Waals surface area contributed by atoms with Gasteiger partial charge in [0.05, 0.1) is 0 Å². The number of ether oxygens (including phenoxy) is 1. The van der Waals surface area contributed by atoms with E-state index in [-0.39, 0.29) is 12.2 Å². The Morgan fingerprint density at radius 3 is 2.83 bits per heavy atom. The monoisotopic (exact) mass is 168 g/mol. The van der Waals surface area contributed by atoms with Crippen LogP contribution >= 0.6 is 0 Å².